The molecule has 0 aliphatic rings. The lowest BCUT2D eigenvalue weighted by Crippen LogP contribution is -2.14. The Labute approximate surface area is 203 Å². The Morgan fingerprint density at radius 2 is 1.66 bits per heavy atom. The fourth-order valence-corrected chi connectivity index (χ4v) is 3.44. The molecule has 0 spiro atoms. The maximum absolute atomic E-state index is 13.3. The van der Waals surface area contributed by atoms with E-state index in [-0.39, 0.29) is 11.8 Å². The van der Waals surface area contributed by atoms with Crippen molar-refractivity contribution in [3.63, 3.8) is 0 Å². The van der Waals surface area contributed by atoms with E-state index in [1.807, 2.05) is 39.0 Å². The van der Waals surface area contributed by atoms with E-state index >= 15 is 0 Å². The van der Waals surface area contributed by atoms with E-state index in [4.69, 9.17) is 18.7 Å². The standard InChI is InChI=1S/C26H26N4O5/c1-4-32-21-14-18(15-22(33-5-2)23(21)34-6-3)25(31)28-20-12-8-7-11-19(20)26-29-24(30-35-26)17-10-9-13-27-16-17/h7-16H,4-6H2,1-3H3,(H,28,31). The smallest absolute Gasteiger partial charge is 0.260 e. The molecule has 0 aliphatic heterocycles. The van der Waals surface area contributed by atoms with E-state index < -0.39 is 0 Å². The van der Waals surface area contributed by atoms with Crippen LogP contribution in [0.25, 0.3) is 22.8 Å². The third-order valence-electron chi connectivity index (χ3n) is 4.92. The molecular weight excluding hydrogens is 448 g/mol. The molecule has 4 rings (SSSR count). The van der Waals surface area contributed by atoms with Gasteiger partial charge in [0.25, 0.3) is 11.8 Å². The lowest BCUT2D eigenvalue weighted by Gasteiger charge is -2.17. The largest absolute Gasteiger partial charge is 0.490 e. The lowest BCUT2D eigenvalue weighted by atomic mass is 10.1. The number of carbonyl (C=O) groups excluding carboxylic acids is 1. The highest BCUT2D eigenvalue weighted by molar-refractivity contribution is 6.06. The predicted octanol–water partition coefficient (Wildman–Crippen LogP) is 5.25. The topological polar surface area (TPSA) is 109 Å². The Morgan fingerprint density at radius 3 is 2.31 bits per heavy atom. The molecule has 0 saturated carbocycles. The van der Waals surface area contributed by atoms with Gasteiger partial charge in [-0.15, -0.1) is 0 Å². The minimum absolute atomic E-state index is 0.274. The summed E-state index contributed by atoms with van der Waals surface area (Å²) in [6.45, 7) is 6.86. The maximum atomic E-state index is 13.3. The number of pyridine rings is 1. The number of carbonyl (C=O) groups is 1. The van der Waals surface area contributed by atoms with E-state index in [1.54, 1.807) is 42.7 Å². The normalized spacial score (nSPS) is 10.6. The second-order valence-electron chi connectivity index (χ2n) is 7.27. The lowest BCUT2D eigenvalue weighted by molar-refractivity contribution is 0.102. The molecule has 2 aromatic heterocycles. The Balaban J connectivity index is 1.65. The number of ether oxygens (including phenoxy) is 3. The average Bonchev–Trinajstić information content (AvgIpc) is 3.37. The summed E-state index contributed by atoms with van der Waals surface area (Å²) in [5, 5.41) is 6.98. The molecule has 0 unspecified atom stereocenters. The third kappa shape index (κ3) is 5.40. The molecule has 0 radical (unpaired) electrons. The van der Waals surface area contributed by atoms with Gasteiger partial charge in [-0.05, 0) is 57.2 Å². The molecule has 35 heavy (non-hydrogen) atoms. The van der Waals surface area contributed by atoms with Crippen LogP contribution in [0.2, 0.25) is 0 Å². The predicted molar refractivity (Wildman–Crippen MR) is 131 cm³/mol. The van der Waals surface area contributed by atoms with E-state index in [2.05, 4.69) is 20.4 Å². The van der Waals surface area contributed by atoms with Gasteiger partial charge in [-0.1, -0.05) is 17.3 Å². The summed E-state index contributed by atoms with van der Waals surface area (Å²) in [5.41, 5.74) is 2.19. The second kappa shape index (κ2) is 11.1. The van der Waals surface area contributed by atoms with Crippen molar-refractivity contribution >= 4 is 11.6 Å². The first kappa shape index (κ1) is 23.7. The van der Waals surface area contributed by atoms with E-state index in [9.17, 15) is 4.79 Å². The molecule has 0 saturated heterocycles. The highest BCUT2D eigenvalue weighted by Gasteiger charge is 2.20. The van der Waals surface area contributed by atoms with Gasteiger partial charge in [0, 0.05) is 23.5 Å². The van der Waals surface area contributed by atoms with Gasteiger partial charge in [-0.25, -0.2) is 0 Å². The van der Waals surface area contributed by atoms with Gasteiger partial charge >= 0.3 is 0 Å². The first-order valence-corrected chi connectivity index (χ1v) is 11.4. The fourth-order valence-electron chi connectivity index (χ4n) is 3.44. The van der Waals surface area contributed by atoms with Crippen LogP contribution < -0.4 is 19.5 Å². The van der Waals surface area contributed by atoms with Crippen LogP contribution in [0.5, 0.6) is 17.2 Å². The maximum Gasteiger partial charge on any atom is 0.260 e. The molecule has 0 atom stereocenters. The number of benzene rings is 2. The molecular formula is C26H26N4O5. The monoisotopic (exact) mass is 474 g/mol. The van der Waals surface area contributed by atoms with Crippen LogP contribution in [0.1, 0.15) is 31.1 Å². The number of anilines is 1. The molecule has 1 N–H and O–H groups in total. The van der Waals surface area contributed by atoms with Crippen LogP contribution in [0.3, 0.4) is 0 Å². The van der Waals surface area contributed by atoms with Crippen LogP contribution in [0.4, 0.5) is 5.69 Å². The first-order valence-electron chi connectivity index (χ1n) is 11.4. The van der Waals surface area contributed by atoms with Gasteiger partial charge in [0.2, 0.25) is 11.6 Å². The minimum Gasteiger partial charge on any atom is -0.490 e. The molecule has 180 valence electrons. The molecule has 2 aromatic carbocycles. The van der Waals surface area contributed by atoms with Crippen molar-refractivity contribution < 1.29 is 23.5 Å². The molecule has 9 nitrogen and oxygen atoms in total. The van der Waals surface area contributed by atoms with Crippen LogP contribution in [-0.4, -0.2) is 40.9 Å². The van der Waals surface area contributed by atoms with Crippen LogP contribution in [0, 0.1) is 0 Å². The number of para-hydroxylation sites is 1. The van der Waals surface area contributed by atoms with E-state index in [1.165, 1.54) is 0 Å². The molecule has 0 aliphatic carbocycles. The zero-order chi connectivity index (χ0) is 24.6. The van der Waals surface area contributed by atoms with Crippen molar-refractivity contribution in [1.82, 2.24) is 15.1 Å². The van der Waals surface area contributed by atoms with Crippen molar-refractivity contribution in [2.24, 2.45) is 0 Å². The number of rotatable bonds is 10. The Hall–Kier alpha value is -4.40. The van der Waals surface area contributed by atoms with Gasteiger partial charge in [0.15, 0.2) is 11.5 Å². The molecule has 0 bridgehead atoms. The quantitative estimate of drug-likeness (QED) is 0.332. The average molecular weight is 475 g/mol. The third-order valence-corrected chi connectivity index (χ3v) is 4.92. The second-order valence-corrected chi connectivity index (χ2v) is 7.27. The summed E-state index contributed by atoms with van der Waals surface area (Å²) in [6, 6.07) is 14.1. The Kier molecular flexibility index (Phi) is 7.57. The van der Waals surface area contributed by atoms with Crippen LogP contribution >= 0.6 is 0 Å². The van der Waals surface area contributed by atoms with Crippen LogP contribution in [-0.2, 0) is 0 Å². The Bertz CT molecular complexity index is 1260. The molecule has 9 heteroatoms. The van der Waals surface area contributed by atoms with Crippen LogP contribution in [0.15, 0.2) is 65.4 Å². The van der Waals surface area contributed by atoms with Gasteiger partial charge in [-0.3, -0.25) is 9.78 Å². The summed E-state index contributed by atoms with van der Waals surface area (Å²) in [5.74, 6) is 1.68. The zero-order valence-corrected chi connectivity index (χ0v) is 19.8. The number of hydrogen-bond acceptors (Lipinski definition) is 8. The number of nitrogens with one attached hydrogen (secondary N) is 1. The van der Waals surface area contributed by atoms with Gasteiger partial charge in [-0.2, -0.15) is 4.98 Å². The molecule has 2 heterocycles. The first-order chi connectivity index (χ1) is 17.1. The molecule has 0 fully saturated rings. The van der Waals surface area contributed by atoms with Crippen molar-refractivity contribution in [2.45, 2.75) is 20.8 Å². The van der Waals surface area contributed by atoms with Crippen molar-refractivity contribution in [2.75, 3.05) is 25.1 Å². The summed E-state index contributed by atoms with van der Waals surface area (Å²) in [4.78, 5) is 21.8. The Morgan fingerprint density at radius 1 is 0.943 bits per heavy atom. The molecule has 1 amide bonds. The van der Waals surface area contributed by atoms with Crippen molar-refractivity contribution in [3.8, 4) is 40.1 Å². The fraction of sp³-hybridized carbons (Fsp3) is 0.231. The number of amides is 1. The number of nitrogens with zero attached hydrogens (tertiary/aromatic N) is 3. The van der Waals surface area contributed by atoms with E-state index in [0.717, 1.165) is 5.56 Å². The number of hydrogen-bond donors (Lipinski definition) is 1. The minimum atomic E-state index is -0.352. The van der Waals surface area contributed by atoms with Gasteiger partial charge in [0.05, 0.1) is 31.1 Å². The van der Waals surface area contributed by atoms with Gasteiger partial charge in [0.1, 0.15) is 0 Å². The zero-order valence-electron chi connectivity index (χ0n) is 19.8. The highest BCUT2D eigenvalue weighted by atomic mass is 16.5. The highest BCUT2D eigenvalue weighted by Crippen LogP contribution is 2.39. The SMILES string of the molecule is CCOc1cc(C(=O)Nc2ccccc2-c2nc(-c3cccnc3)no2)cc(OCC)c1OCC. The van der Waals surface area contributed by atoms with Gasteiger partial charge < -0.3 is 24.1 Å². The van der Waals surface area contributed by atoms with Crippen molar-refractivity contribution in [3.05, 3.63) is 66.5 Å². The number of aromatic nitrogens is 3. The van der Waals surface area contributed by atoms with E-state index in [0.29, 0.717) is 59.7 Å². The summed E-state index contributed by atoms with van der Waals surface area (Å²) < 4.78 is 22.7. The molecule has 4 aromatic rings. The summed E-state index contributed by atoms with van der Waals surface area (Å²) >= 11 is 0. The summed E-state index contributed by atoms with van der Waals surface area (Å²) in [7, 11) is 0. The summed E-state index contributed by atoms with van der Waals surface area (Å²) in [6.07, 6.45) is 3.32. The van der Waals surface area contributed by atoms with Crippen molar-refractivity contribution in [1.29, 1.82) is 0 Å².